The fourth-order valence-corrected chi connectivity index (χ4v) is 3.75. The van der Waals surface area contributed by atoms with Crippen LogP contribution in [0.4, 0.5) is 0 Å². The number of rotatable bonds is 4. The molecule has 2 aromatic rings. The van der Waals surface area contributed by atoms with Gasteiger partial charge in [0.05, 0.1) is 16.7 Å². The lowest BCUT2D eigenvalue weighted by atomic mass is 10.2. The van der Waals surface area contributed by atoms with Crippen LogP contribution in [0.15, 0.2) is 22.6 Å². The van der Waals surface area contributed by atoms with Gasteiger partial charge in [0.25, 0.3) is 5.56 Å². The Morgan fingerprint density at radius 2 is 2.30 bits per heavy atom. The van der Waals surface area contributed by atoms with Crippen LogP contribution in [0.3, 0.4) is 0 Å². The Balaban J connectivity index is 2.74. The zero-order valence-corrected chi connectivity index (χ0v) is 13.3. The molecule has 0 amide bonds. The van der Waals surface area contributed by atoms with Gasteiger partial charge in [-0.2, -0.15) is 5.26 Å². The van der Waals surface area contributed by atoms with Crippen molar-refractivity contribution in [2.75, 3.05) is 0 Å². The molecule has 2 rings (SSSR count). The van der Waals surface area contributed by atoms with Crippen LogP contribution in [-0.2, 0) is 6.54 Å². The van der Waals surface area contributed by atoms with Gasteiger partial charge in [0.2, 0.25) is 0 Å². The topological polar surface area (TPSA) is 58.7 Å². The number of nitrogens with zero attached hydrogens (tertiary/aromatic N) is 3. The van der Waals surface area contributed by atoms with Gasteiger partial charge in [-0.3, -0.25) is 9.36 Å². The molecule has 1 atom stereocenters. The molecule has 0 spiro atoms. The molecule has 0 saturated carbocycles. The maximum absolute atomic E-state index is 12.6. The Morgan fingerprint density at radius 3 is 2.90 bits per heavy atom. The van der Waals surface area contributed by atoms with E-state index in [4.69, 9.17) is 5.26 Å². The highest BCUT2D eigenvalue weighted by molar-refractivity contribution is 8.00. The summed E-state index contributed by atoms with van der Waals surface area (Å²) in [6.45, 7) is 9.82. The van der Waals surface area contributed by atoms with Crippen molar-refractivity contribution in [3.63, 3.8) is 0 Å². The third kappa shape index (κ3) is 2.51. The van der Waals surface area contributed by atoms with Gasteiger partial charge < -0.3 is 0 Å². The Labute approximate surface area is 125 Å². The zero-order chi connectivity index (χ0) is 14.9. The molecule has 0 aromatic carbocycles. The van der Waals surface area contributed by atoms with E-state index >= 15 is 0 Å². The van der Waals surface area contributed by atoms with Crippen LogP contribution >= 0.6 is 23.1 Å². The quantitative estimate of drug-likeness (QED) is 0.494. The summed E-state index contributed by atoms with van der Waals surface area (Å²) in [6, 6.07) is 2.15. The number of aryl methyl sites for hydroxylation is 2. The molecule has 0 N–H and O–H groups in total. The standard InChI is InChI=1S/C14H15N3OS2/c1-5-6-17-13(18)11-9(3)10(4)20-12(11)16-14(17)19-8(2)7-15/h5,8H,1,6H2,2-4H3/t8-/m1/s1. The molecule has 0 radical (unpaired) electrons. The Kier molecular flexibility index (Phi) is 4.31. The monoisotopic (exact) mass is 305 g/mol. The first-order chi connectivity index (χ1) is 9.49. The predicted molar refractivity (Wildman–Crippen MR) is 84.5 cm³/mol. The molecule has 0 unspecified atom stereocenters. The molecule has 0 aliphatic rings. The van der Waals surface area contributed by atoms with E-state index in [1.54, 1.807) is 17.6 Å². The van der Waals surface area contributed by atoms with Gasteiger partial charge in [0, 0.05) is 11.4 Å². The summed E-state index contributed by atoms with van der Waals surface area (Å²) in [6.07, 6.45) is 1.67. The third-order valence-corrected chi connectivity index (χ3v) is 5.11. The minimum absolute atomic E-state index is 0.0515. The maximum Gasteiger partial charge on any atom is 0.263 e. The highest BCUT2D eigenvalue weighted by Crippen LogP contribution is 2.29. The van der Waals surface area contributed by atoms with E-state index in [1.807, 2.05) is 13.8 Å². The minimum atomic E-state index is -0.252. The van der Waals surface area contributed by atoms with Crippen LogP contribution in [-0.4, -0.2) is 14.8 Å². The lowest BCUT2D eigenvalue weighted by Crippen LogP contribution is -2.23. The van der Waals surface area contributed by atoms with E-state index in [0.29, 0.717) is 17.1 Å². The highest BCUT2D eigenvalue weighted by Gasteiger charge is 2.17. The molecule has 2 heterocycles. The number of fused-ring (bicyclic) bond motifs is 1. The van der Waals surface area contributed by atoms with Gasteiger partial charge in [0.1, 0.15) is 4.83 Å². The minimum Gasteiger partial charge on any atom is -0.283 e. The normalized spacial score (nSPS) is 12.3. The van der Waals surface area contributed by atoms with Crippen molar-refractivity contribution >= 4 is 33.3 Å². The number of thioether (sulfide) groups is 1. The molecule has 20 heavy (non-hydrogen) atoms. The van der Waals surface area contributed by atoms with Crippen molar-refractivity contribution in [3.05, 3.63) is 33.4 Å². The summed E-state index contributed by atoms with van der Waals surface area (Å²) in [7, 11) is 0. The van der Waals surface area contributed by atoms with Gasteiger partial charge in [-0.15, -0.1) is 17.9 Å². The number of aromatic nitrogens is 2. The second-order valence-electron chi connectivity index (χ2n) is 4.45. The molecule has 0 bridgehead atoms. The van der Waals surface area contributed by atoms with E-state index in [9.17, 15) is 4.79 Å². The van der Waals surface area contributed by atoms with Gasteiger partial charge in [-0.1, -0.05) is 17.8 Å². The second kappa shape index (κ2) is 5.81. The molecule has 0 fully saturated rings. The first-order valence-corrected chi connectivity index (χ1v) is 7.87. The largest absolute Gasteiger partial charge is 0.283 e. The maximum atomic E-state index is 12.6. The third-order valence-electron chi connectivity index (χ3n) is 3.03. The lowest BCUT2D eigenvalue weighted by Gasteiger charge is -2.10. The highest BCUT2D eigenvalue weighted by atomic mass is 32.2. The molecule has 0 aliphatic heterocycles. The van der Waals surface area contributed by atoms with Crippen molar-refractivity contribution < 1.29 is 0 Å². The van der Waals surface area contributed by atoms with Crippen molar-refractivity contribution in [1.82, 2.24) is 9.55 Å². The van der Waals surface area contributed by atoms with E-state index in [0.717, 1.165) is 15.3 Å². The summed E-state index contributed by atoms with van der Waals surface area (Å²) in [5.41, 5.74) is 0.939. The van der Waals surface area contributed by atoms with E-state index in [1.165, 1.54) is 23.1 Å². The fraction of sp³-hybridized carbons (Fsp3) is 0.357. The lowest BCUT2D eigenvalue weighted by molar-refractivity contribution is 0.672. The molecular formula is C14H15N3OS2. The van der Waals surface area contributed by atoms with Gasteiger partial charge in [-0.25, -0.2) is 4.98 Å². The molecule has 104 valence electrons. The molecule has 2 aromatic heterocycles. The summed E-state index contributed by atoms with van der Waals surface area (Å²) in [5.74, 6) is 0. The smallest absolute Gasteiger partial charge is 0.263 e. The average Bonchev–Trinajstić information content (AvgIpc) is 2.69. The van der Waals surface area contributed by atoms with Gasteiger partial charge in [-0.05, 0) is 26.3 Å². The summed E-state index contributed by atoms with van der Waals surface area (Å²) in [5, 5.41) is 9.96. The number of hydrogen-bond acceptors (Lipinski definition) is 5. The van der Waals surface area contributed by atoms with E-state index in [-0.39, 0.29) is 10.8 Å². The summed E-state index contributed by atoms with van der Waals surface area (Å²) < 4.78 is 1.59. The first-order valence-electron chi connectivity index (χ1n) is 6.17. The van der Waals surface area contributed by atoms with E-state index < -0.39 is 0 Å². The first kappa shape index (κ1) is 14.8. The van der Waals surface area contributed by atoms with Crippen LogP contribution in [0.25, 0.3) is 10.2 Å². The molecule has 0 saturated heterocycles. The summed E-state index contributed by atoms with van der Waals surface area (Å²) >= 11 is 2.83. The predicted octanol–water partition coefficient (Wildman–Crippen LogP) is 3.27. The van der Waals surface area contributed by atoms with E-state index in [2.05, 4.69) is 17.6 Å². The Hall–Kier alpha value is -1.58. The average molecular weight is 305 g/mol. The van der Waals surface area contributed by atoms with Crippen molar-refractivity contribution in [2.45, 2.75) is 37.7 Å². The van der Waals surface area contributed by atoms with Crippen LogP contribution in [0.2, 0.25) is 0 Å². The SMILES string of the molecule is C=CCn1c(S[C@H](C)C#N)nc2sc(C)c(C)c2c1=O. The number of nitriles is 1. The number of hydrogen-bond donors (Lipinski definition) is 0. The van der Waals surface area contributed by atoms with Crippen LogP contribution < -0.4 is 5.56 Å². The van der Waals surface area contributed by atoms with Gasteiger partial charge >= 0.3 is 0 Å². The Morgan fingerprint density at radius 1 is 1.60 bits per heavy atom. The van der Waals surface area contributed by atoms with Crippen LogP contribution in [0.1, 0.15) is 17.4 Å². The zero-order valence-electron chi connectivity index (χ0n) is 11.6. The van der Waals surface area contributed by atoms with Crippen molar-refractivity contribution in [1.29, 1.82) is 5.26 Å². The number of thiophene rings is 1. The second-order valence-corrected chi connectivity index (χ2v) is 6.96. The Bertz CT molecular complexity index is 767. The van der Waals surface area contributed by atoms with Crippen molar-refractivity contribution in [2.24, 2.45) is 0 Å². The van der Waals surface area contributed by atoms with Crippen LogP contribution in [0, 0.1) is 25.2 Å². The number of allylic oxidation sites excluding steroid dienone is 1. The van der Waals surface area contributed by atoms with Gasteiger partial charge in [0.15, 0.2) is 5.16 Å². The van der Waals surface area contributed by atoms with Crippen molar-refractivity contribution in [3.8, 4) is 6.07 Å². The molecule has 0 aliphatic carbocycles. The van der Waals surface area contributed by atoms with Crippen LogP contribution in [0.5, 0.6) is 0 Å². The molecule has 6 heteroatoms. The summed E-state index contributed by atoms with van der Waals surface area (Å²) in [4.78, 5) is 19.0. The fourth-order valence-electron chi connectivity index (χ4n) is 1.87. The molecular weight excluding hydrogens is 290 g/mol. The molecule has 4 nitrogen and oxygen atoms in total.